The summed E-state index contributed by atoms with van der Waals surface area (Å²) in [7, 11) is 0. The lowest BCUT2D eigenvalue weighted by Gasteiger charge is -2.35. The fourth-order valence-electron chi connectivity index (χ4n) is 4.37. The predicted octanol–water partition coefficient (Wildman–Crippen LogP) is 8.94. The molecule has 0 aliphatic heterocycles. The Hall–Kier alpha value is -2.10. The number of rotatable bonds is 14. The van der Waals surface area contributed by atoms with Gasteiger partial charge in [-0.1, -0.05) is 69.7 Å². The van der Waals surface area contributed by atoms with Crippen LogP contribution in [0.15, 0.2) is 42.5 Å². The molecule has 0 heterocycles. The Labute approximate surface area is 214 Å². The average molecular weight is 535 g/mol. The fraction of sp³-hybridized carbons (Fsp3) is 0.571. The van der Waals surface area contributed by atoms with Crippen molar-refractivity contribution in [2.45, 2.75) is 90.0 Å². The van der Waals surface area contributed by atoms with E-state index in [0.717, 1.165) is 38.5 Å². The summed E-state index contributed by atoms with van der Waals surface area (Å²) in [5.41, 5.74) is -2.14. The first-order valence-corrected chi connectivity index (χ1v) is 12.8. The van der Waals surface area contributed by atoms with Gasteiger partial charge in [0.25, 0.3) is 5.97 Å². The third kappa shape index (κ3) is 9.00. The van der Waals surface area contributed by atoms with Crippen LogP contribution in [0.4, 0.5) is 26.3 Å². The SMILES string of the molecule is CCCCCCCCC(c1ccc(-c2cc(C(F)(F)F)cc(C(F)(F)F)c2)cc1)C(O)(OCC)OCC. The standard InChI is InChI=1S/C28H36F6O3/c1-4-7-8-9-10-11-12-25(28(35,36-5-2)37-6-3)21-15-13-20(14-16-21)22-17-23(26(29,30)31)19-24(18-22)27(32,33)34/h13-19,25,35H,4-12H2,1-3H3. The van der Waals surface area contributed by atoms with Gasteiger partial charge in [-0.05, 0) is 55.2 Å². The second-order valence-electron chi connectivity index (χ2n) is 9.02. The molecule has 0 radical (unpaired) electrons. The molecule has 1 atom stereocenters. The minimum Gasteiger partial charge on any atom is -0.343 e. The number of alkyl halides is 6. The van der Waals surface area contributed by atoms with Gasteiger partial charge in [0, 0.05) is 13.2 Å². The van der Waals surface area contributed by atoms with E-state index >= 15 is 0 Å². The van der Waals surface area contributed by atoms with Crippen LogP contribution in [-0.4, -0.2) is 24.3 Å². The van der Waals surface area contributed by atoms with Gasteiger partial charge in [0.15, 0.2) is 0 Å². The summed E-state index contributed by atoms with van der Waals surface area (Å²) in [5, 5.41) is 11.2. The quantitative estimate of drug-likeness (QED) is 0.149. The molecule has 1 N–H and O–H groups in total. The van der Waals surface area contributed by atoms with Gasteiger partial charge in [0.05, 0.1) is 17.0 Å². The molecule has 0 aliphatic carbocycles. The van der Waals surface area contributed by atoms with Crippen LogP contribution in [0.25, 0.3) is 11.1 Å². The molecule has 0 aliphatic rings. The first-order valence-electron chi connectivity index (χ1n) is 12.8. The summed E-state index contributed by atoms with van der Waals surface area (Å²) >= 11 is 0. The van der Waals surface area contributed by atoms with Crippen LogP contribution in [0.1, 0.15) is 88.3 Å². The van der Waals surface area contributed by atoms with Crippen LogP contribution in [0, 0.1) is 0 Å². The first kappa shape index (κ1) is 31.1. The van der Waals surface area contributed by atoms with E-state index in [4.69, 9.17) is 9.47 Å². The Bertz CT molecular complexity index is 916. The molecule has 3 nitrogen and oxygen atoms in total. The van der Waals surface area contributed by atoms with Crippen molar-refractivity contribution in [2.24, 2.45) is 0 Å². The minimum atomic E-state index is -4.93. The number of ether oxygens (including phenoxy) is 2. The summed E-state index contributed by atoms with van der Waals surface area (Å²) in [5.74, 6) is -2.51. The zero-order valence-electron chi connectivity index (χ0n) is 21.5. The van der Waals surface area contributed by atoms with Crippen LogP contribution >= 0.6 is 0 Å². The van der Waals surface area contributed by atoms with Crippen molar-refractivity contribution in [2.75, 3.05) is 13.2 Å². The lowest BCUT2D eigenvalue weighted by atomic mass is 9.89. The molecule has 2 aromatic rings. The topological polar surface area (TPSA) is 38.7 Å². The van der Waals surface area contributed by atoms with Gasteiger partial charge in [0.2, 0.25) is 0 Å². The average Bonchev–Trinajstić information content (AvgIpc) is 2.82. The highest BCUT2D eigenvalue weighted by Crippen LogP contribution is 2.40. The molecule has 0 saturated heterocycles. The summed E-state index contributed by atoms with van der Waals surface area (Å²) in [4.78, 5) is 0. The Balaban J connectivity index is 2.40. The van der Waals surface area contributed by atoms with Crippen LogP contribution < -0.4 is 0 Å². The second-order valence-corrected chi connectivity index (χ2v) is 9.02. The van der Waals surface area contributed by atoms with Crippen molar-refractivity contribution in [1.29, 1.82) is 0 Å². The molecule has 0 fully saturated rings. The van der Waals surface area contributed by atoms with E-state index in [1.165, 1.54) is 12.1 Å². The normalized spacial score (nSPS) is 13.7. The third-order valence-corrected chi connectivity index (χ3v) is 6.22. The van der Waals surface area contributed by atoms with Gasteiger partial charge in [-0.25, -0.2) is 0 Å². The first-order chi connectivity index (χ1) is 17.4. The summed E-state index contributed by atoms with van der Waals surface area (Å²) in [6, 6.07) is 7.61. The van der Waals surface area contributed by atoms with Crippen LogP contribution in [0.2, 0.25) is 0 Å². The summed E-state index contributed by atoms with van der Waals surface area (Å²) in [6.45, 7) is 5.95. The molecule has 1 unspecified atom stereocenters. The van der Waals surface area contributed by atoms with E-state index < -0.39 is 35.4 Å². The number of halogens is 6. The third-order valence-electron chi connectivity index (χ3n) is 6.22. The Kier molecular flexibility index (Phi) is 11.5. The molecule has 2 rings (SSSR count). The highest BCUT2D eigenvalue weighted by molar-refractivity contribution is 5.66. The molecule has 0 aromatic heterocycles. The van der Waals surface area contributed by atoms with Crippen LogP contribution in [0.3, 0.4) is 0 Å². The van der Waals surface area contributed by atoms with Crippen molar-refractivity contribution in [3.8, 4) is 11.1 Å². The summed E-state index contributed by atoms with van der Waals surface area (Å²) < 4.78 is 90.9. The van der Waals surface area contributed by atoms with Gasteiger partial charge in [-0.2, -0.15) is 26.3 Å². The zero-order chi connectivity index (χ0) is 27.7. The van der Waals surface area contributed by atoms with Crippen LogP contribution in [-0.2, 0) is 21.8 Å². The number of benzene rings is 2. The molecular formula is C28H36F6O3. The van der Waals surface area contributed by atoms with Crippen molar-refractivity contribution < 1.29 is 40.9 Å². The van der Waals surface area contributed by atoms with E-state index in [0.29, 0.717) is 24.1 Å². The largest absolute Gasteiger partial charge is 0.416 e. The predicted molar refractivity (Wildman–Crippen MR) is 131 cm³/mol. The molecule has 0 saturated carbocycles. The molecule has 0 amide bonds. The van der Waals surface area contributed by atoms with Crippen molar-refractivity contribution in [1.82, 2.24) is 0 Å². The minimum absolute atomic E-state index is 0.110. The zero-order valence-corrected chi connectivity index (χ0v) is 21.5. The monoisotopic (exact) mass is 534 g/mol. The molecular weight excluding hydrogens is 498 g/mol. The number of hydrogen-bond donors (Lipinski definition) is 1. The maximum atomic E-state index is 13.3. The highest BCUT2D eigenvalue weighted by atomic mass is 19.4. The Morgan fingerprint density at radius 1 is 0.676 bits per heavy atom. The lowest BCUT2D eigenvalue weighted by Crippen LogP contribution is -2.42. The lowest BCUT2D eigenvalue weighted by molar-refractivity contribution is -0.370. The molecule has 37 heavy (non-hydrogen) atoms. The van der Waals surface area contributed by atoms with Crippen LogP contribution in [0.5, 0.6) is 0 Å². The van der Waals surface area contributed by atoms with E-state index in [1.54, 1.807) is 26.0 Å². The highest BCUT2D eigenvalue weighted by Gasteiger charge is 2.40. The number of hydrogen-bond acceptors (Lipinski definition) is 3. The van der Waals surface area contributed by atoms with E-state index in [9.17, 15) is 31.4 Å². The smallest absolute Gasteiger partial charge is 0.343 e. The van der Waals surface area contributed by atoms with Gasteiger partial charge in [0.1, 0.15) is 0 Å². The Morgan fingerprint density at radius 2 is 1.16 bits per heavy atom. The second kappa shape index (κ2) is 13.6. The molecule has 0 spiro atoms. The maximum absolute atomic E-state index is 13.3. The van der Waals surface area contributed by atoms with Gasteiger partial charge < -0.3 is 14.6 Å². The van der Waals surface area contributed by atoms with Crippen molar-refractivity contribution in [3.05, 3.63) is 59.2 Å². The van der Waals surface area contributed by atoms with Crippen molar-refractivity contribution in [3.63, 3.8) is 0 Å². The molecule has 9 heteroatoms. The van der Waals surface area contributed by atoms with E-state index in [1.807, 2.05) is 0 Å². The molecule has 2 aromatic carbocycles. The Morgan fingerprint density at radius 3 is 1.62 bits per heavy atom. The van der Waals surface area contributed by atoms with E-state index in [2.05, 4.69) is 6.92 Å². The number of unbranched alkanes of at least 4 members (excludes halogenated alkanes) is 5. The number of aliphatic hydroxyl groups is 1. The molecule has 208 valence electrons. The van der Waals surface area contributed by atoms with Crippen molar-refractivity contribution >= 4 is 0 Å². The molecule has 0 bridgehead atoms. The summed E-state index contributed by atoms with van der Waals surface area (Å²) in [6.07, 6.45) is -3.13. The maximum Gasteiger partial charge on any atom is 0.416 e. The van der Waals surface area contributed by atoms with Gasteiger partial charge in [-0.3, -0.25) is 0 Å². The van der Waals surface area contributed by atoms with Gasteiger partial charge >= 0.3 is 12.4 Å². The van der Waals surface area contributed by atoms with Gasteiger partial charge in [-0.15, -0.1) is 0 Å². The fourth-order valence-corrected chi connectivity index (χ4v) is 4.37. The van der Waals surface area contributed by atoms with E-state index in [-0.39, 0.29) is 30.4 Å².